The van der Waals surface area contributed by atoms with E-state index in [2.05, 4.69) is 20.8 Å². The van der Waals surface area contributed by atoms with Crippen molar-refractivity contribution in [1.82, 2.24) is 10.7 Å². The number of benzene rings is 2. The van der Waals surface area contributed by atoms with Crippen molar-refractivity contribution in [3.8, 4) is 0 Å². The number of rotatable bonds is 10. The molecule has 2 aromatic carbocycles. The lowest BCUT2D eigenvalue weighted by Gasteiger charge is -2.14. The van der Waals surface area contributed by atoms with Gasteiger partial charge in [0.15, 0.2) is 6.67 Å². The maximum absolute atomic E-state index is 12.9. The highest BCUT2D eigenvalue weighted by molar-refractivity contribution is 7.92. The van der Waals surface area contributed by atoms with Gasteiger partial charge >= 0.3 is 17.9 Å². The Labute approximate surface area is 182 Å². The average Bonchev–Trinajstić information content (AvgIpc) is 2.77. The molecule has 3 amide bonds. The fourth-order valence-corrected chi connectivity index (χ4v) is 3.38. The van der Waals surface area contributed by atoms with Gasteiger partial charge in [-0.15, -0.1) is 0 Å². The minimum absolute atomic E-state index is 0.103. The summed E-state index contributed by atoms with van der Waals surface area (Å²) in [4.78, 5) is 22.8. The molecule has 5 N–H and O–H groups in total. The van der Waals surface area contributed by atoms with Crippen LogP contribution in [0.3, 0.4) is 0 Å². The van der Waals surface area contributed by atoms with Crippen molar-refractivity contribution >= 4 is 39.0 Å². The number of hydrogen-bond acceptors (Lipinski definition) is 5. The second-order valence-electron chi connectivity index (χ2n) is 6.51. The number of carbonyl (C=O) groups is 2. The molecule has 0 aliphatic carbocycles. The fraction of sp³-hybridized carbons (Fsp3) is 0.263. The molecule has 0 radical (unpaired) electrons. The SMILES string of the molecule is CCCNC(=O)Nc1cccc(S(=O)(=O)Nc2ccc(NNC(=O)C(F)(F)CF)cc2)c1. The molecule has 0 spiro atoms. The summed E-state index contributed by atoms with van der Waals surface area (Å²) in [5.74, 6) is -6.01. The van der Waals surface area contributed by atoms with Gasteiger partial charge in [-0.1, -0.05) is 13.0 Å². The summed E-state index contributed by atoms with van der Waals surface area (Å²) < 4.78 is 65.5. The van der Waals surface area contributed by atoms with Crippen LogP contribution in [0.5, 0.6) is 0 Å². The second kappa shape index (κ2) is 10.7. The Hall–Kier alpha value is -3.48. The number of halogens is 3. The number of hydrogen-bond donors (Lipinski definition) is 5. The molecule has 174 valence electrons. The normalized spacial score (nSPS) is 11.4. The van der Waals surface area contributed by atoms with Crippen LogP contribution in [0.15, 0.2) is 53.4 Å². The monoisotopic (exact) mass is 473 g/mol. The molecule has 32 heavy (non-hydrogen) atoms. The maximum atomic E-state index is 12.9. The molecule has 0 aromatic heterocycles. The van der Waals surface area contributed by atoms with Crippen molar-refractivity contribution in [2.24, 2.45) is 0 Å². The Morgan fingerprint density at radius 2 is 1.66 bits per heavy atom. The lowest BCUT2D eigenvalue weighted by molar-refractivity contribution is -0.147. The molecule has 0 saturated carbocycles. The Bertz CT molecular complexity index is 1050. The van der Waals surface area contributed by atoms with Crippen LogP contribution in [-0.2, 0) is 14.8 Å². The number of amides is 3. The lowest BCUT2D eigenvalue weighted by Crippen LogP contribution is -2.44. The first-order chi connectivity index (χ1) is 15.1. The first-order valence-electron chi connectivity index (χ1n) is 9.35. The van der Waals surface area contributed by atoms with E-state index in [1.807, 2.05) is 6.92 Å². The quantitative estimate of drug-likeness (QED) is 0.339. The molecule has 0 saturated heterocycles. The van der Waals surface area contributed by atoms with Crippen molar-refractivity contribution in [3.05, 3.63) is 48.5 Å². The summed E-state index contributed by atoms with van der Waals surface area (Å²) in [5.41, 5.74) is 4.42. The predicted octanol–water partition coefficient (Wildman–Crippen LogP) is 3.07. The van der Waals surface area contributed by atoms with Crippen molar-refractivity contribution < 1.29 is 31.2 Å². The smallest absolute Gasteiger partial charge is 0.338 e. The second-order valence-corrected chi connectivity index (χ2v) is 8.19. The summed E-state index contributed by atoms with van der Waals surface area (Å²) in [7, 11) is -4.00. The van der Waals surface area contributed by atoms with Crippen LogP contribution in [0.1, 0.15) is 13.3 Å². The topological polar surface area (TPSA) is 128 Å². The van der Waals surface area contributed by atoms with E-state index in [0.29, 0.717) is 6.54 Å². The van der Waals surface area contributed by atoms with E-state index in [4.69, 9.17) is 0 Å². The van der Waals surface area contributed by atoms with E-state index in [-0.39, 0.29) is 22.0 Å². The summed E-state index contributed by atoms with van der Waals surface area (Å²) >= 11 is 0. The highest BCUT2D eigenvalue weighted by Crippen LogP contribution is 2.21. The Morgan fingerprint density at radius 3 is 2.28 bits per heavy atom. The van der Waals surface area contributed by atoms with E-state index in [9.17, 15) is 31.2 Å². The third-order valence-electron chi connectivity index (χ3n) is 3.90. The maximum Gasteiger partial charge on any atom is 0.353 e. The van der Waals surface area contributed by atoms with Crippen molar-refractivity contribution in [2.45, 2.75) is 24.2 Å². The molecule has 0 fully saturated rings. The molecule has 0 heterocycles. The Kier molecular flexibility index (Phi) is 8.29. The number of urea groups is 1. The van der Waals surface area contributed by atoms with Crippen LogP contribution in [0, 0.1) is 0 Å². The molecule has 2 rings (SSSR count). The van der Waals surface area contributed by atoms with Gasteiger partial charge in [0.1, 0.15) is 0 Å². The van der Waals surface area contributed by atoms with E-state index < -0.39 is 34.6 Å². The number of anilines is 3. The number of sulfonamides is 1. The Balaban J connectivity index is 2.02. The van der Waals surface area contributed by atoms with Crippen LogP contribution >= 0.6 is 0 Å². The fourth-order valence-electron chi connectivity index (χ4n) is 2.27. The van der Waals surface area contributed by atoms with Gasteiger partial charge in [0, 0.05) is 17.9 Å². The minimum Gasteiger partial charge on any atom is -0.338 e. The van der Waals surface area contributed by atoms with E-state index >= 15 is 0 Å². The summed E-state index contributed by atoms with van der Waals surface area (Å²) in [6, 6.07) is 10.4. The zero-order valence-electron chi connectivity index (χ0n) is 16.9. The van der Waals surface area contributed by atoms with Crippen molar-refractivity contribution in [3.63, 3.8) is 0 Å². The molecule has 13 heteroatoms. The molecular weight excluding hydrogens is 451 g/mol. The summed E-state index contributed by atoms with van der Waals surface area (Å²) in [6.07, 6.45) is 0.747. The van der Waals surface area contributed by atoms with Gasteiger partial charge in [-0.05, 0) is 48.9 Å². The number of alkyl halides is 3. The van der Waals surface area contributed by atoms with Gasteiger partial charge in [0.2, 0.25) is 0 Å². The molecule has 0 aliphatic rings. The third kappa shape index (κ3) is 7.04. The molecular formula is C19H22F3N5O4S. The largest absolute Gasteiger partial charge is 0.353 e. The van der Waals surface area contributed by atoms with Crippen LogP contribution in [0.2, 0.25) is 0 Å². The van der Waals surface area contributed by atoms with Gasteiger partial charge in [0.25, 0.3) is 10.0 Å². The Morgan fingerprint density at radius 1 is 1.00 bits per heavy atom. The zero-order chi connectivity index (χ0) is 23.8. The molecule has 0 bridgehead atoms. The van der Waals surface area contributed by atoms with Crippen molar-refractivity contribution in [2.75, 3.05) is 28.7 Å². The summed E-state index contributed by atoms with van der Waals surface area (Å²) in [6.45, 7) is 0.225. The van der Waals surface area contributed by atoms with E-state index in [1.54, 1.807) is 5.43 Å². The third-order valence-corrected chi connectivity index (χ3v) is 5.27. The zero-order valence-corrected chi connectivity index (χ0v) is 17.7. The lowest BCUT2D eigenvalue weighted by atomic mass is 10.3. The van der Waals surface area contributed by atoms with Crippen LogP contribution in [0.25, 0.3) is 0 Å². The van der Waals surface area contributed by atoms with Crippen LogP contribution in [-0.4, -0.2) is 39.5 Å². The predicted molar refractivity (Wildman–Crippen MR) is 114 cm³/mol. The molecule has 0 atom stereocenters. The number of carbonyl (C=O) groups excluding carboxylic acids is 2. The van der Waals surface area contributed by atoms with Gasteiger partial charge in [0.05, 0.1) is 10.6 Å². The molecule has 0 aliphatic heterocycles. The van der Waals surface area contributed by atoms with Gasteiger partial charge in [-0.3, -0.25) is 20.4 Å². The van der Waals surface area contributed by atoms with Gasteiger partial charge in [-0.2, -0.15) is 8.78 Å². The number of hydrazine groups is 1. The van der Waals surface area contributed by atoms with Crippen LogP contribution in [0.4, 0.5) is 35.0 Å². The highest BCUT2D eigenvalue weighted by Gasteiger charge is 2.39. The number of nitrogens with one attached hydrogen (secondary N) is 5. The molecule has 2 aromatic rings. The average molecular weight is 473 g/mol. The van der Waals surface area contributed by atoms with Crippen molar-refractivity contribution in [1.29, 1.82) is 0 Å². The van der Waals surface area contributed by atoms with Gasteiger partial charge in [-0.25, -0.2) is 17.6 Å². The first-order valence-corrected chi connectivity index (χ1v) is 10.8. The van der Waals surface area contributed by atoms with E-state index in [0.717, 1.165) is 6.42 Å². The molecule has 0 unspecified atom stereocenters. The van der Waals surface area contributed by atoms with Gasteiger partial charge < -0.3 is 10.6 Å². The highest BCUT2D eigenvalue weighted by atomic mass is 32.2. The first kappa shape index (κ1) is 24.8. The summed E-state index contributed by atoms with van der Waals surface area (Å²) in [5, 5.41) is 5.14. The molecule has 9 nitrogen and oxygen atoms in total. The van der Waals surface area contributed by atoms with E-state index in [1.165, 1.54) is 48.5 Å². The minimum atomic E-state index is -4.16. The van der Waals surface area contributed by atoms with Crippen LogP contribution < -0.4 is 26.2 Å². The standard InChI is InChI=1S/C19H22F3N5O4S/c1-2-10-23-18(29)24-15-4-3-5-16(11-15)32(30,31)27-14-8-6-13(7-9-14)25-26-17(28)19(21,22)12-20/h3-9,11,25,27H,2,10,12H2,1H3,(H,26,28)(H2,23,24,29).